The molecule has 0 spiro atoms. The molecular formula is C35H43NO. The highest BCUT2D eigenvalue weighted by molar-refractivity contribution is 5.70. The lowest BCUT2D eigenvalue weighted by atomic mass is 9.63. The van der Waals surface area contributed by atoms with Crippen molar-refractivity contribution in [2.75, 3.05) is 4.90 Å². The zero-order valence-corrected chi connectivity index (χ0v) is 23.3. The number of aliphatic hydroxyl groups excluding tert-OH is 1. The first-order chi connectivity index (χ1) is 17.6. The van der Waals surface area contributed by atoms with Crippen molar-refractivity contribution in [3.63, 3.8) is 0 Å². The minimum absolute atomic E-state index is 0.0896. The first-order valence-electron chi connectivity index (χ1n) is 14.0. The Morgan fingerprint density at radius 3 is 2.41 bits per heavy atom. The molecule has 3 aliphatic rings. The highest BCUT2D eigenvalue weighted by atomic mass is 16.3. The second kappa shape index (κ2) is 9.71. The van der Waals surface area contributed by atoms with Crippen LogP contribution in [0.4, 0.5) is 5.69 Å². The van der Waals surface area contributed by atoms with E-state index in [1.54, 1.807) is 0 Å². The summed E-state index contributed by atoms with van der Waals surface area (Å²) in [5, 5.41) is 10.5. The molecule has 1 aliphatic heterocycles. The van der Waals surface area contributed by atoms with E-state index < -0.39 is 0 Å². The van der Waals surface area contributed by atoms with E-state index in [9.17, 15) is 5.11 Å². The third kappa shape index (κ3) is 4.60. The van der Waals surface area contributed by atoms with E-state index in [-0.39, 0.29) is 22.6 Å². The third-order valence-corrected chi connectivity index (χ3v) is 9.03. The van der Waals surface area contributed by atoms with Crippen LogP contribution in [-0.4, -0.2) is 11.1 Å². The first kappa shape index (κ1) is 25.6. The molecule has 0 amide bonds. The molecule has 2 aliphatic carbocycles. The molecule has 3 unspecified atom stereocenters. The Bertz CT molecular complexity index is 1260. The number of anilines is 1. The van der Waals surface area contributed by atoms with Crippen molar-refractivity contribution in [1.29, 1.82) is 0 Å². The van der Waals surface area contributed by atoms with Crippen LogP contribution >= 0.6 is 0 Å². The highest BCUT2D eigenvalue weighted by Crippen LogP contribution is 2.55. The Hall–Kier alpha value is -3.00. The maximum atomic E-state index is 10.5. The minimum Gasteiger partial charge on any atom is -0.513 e. The molecule has 194 valence electrons. The summed E-state index contributed by atoms with van der Waals surface area (Å²) < 4.78 is 0. The molecule has 2 aromatic carbocycles. The monoisotopic (exact) mass is 493 g/mol. The van der Waals surface area contributed by atoms with Crippen molar-refractivity contribution in [1.82, 2.24) is 0 Å². The molecule has 0 aromatic heterocycles. The molecule has 2 aromatic rings. The van der Waals surface area contributed by atoms with Crippen LogP contribution in [0.3, 0.4) is 0 Å². The number of allylic oxidation sites excluding steroid dienone is 6. The number of aliphatic hydroxyl groups is 1. The largest absolute Gasteiger partial charge is 0.513 e. The maximum Gasteiger partial charge on any atom is 0.0872 e. The lowest BCUT2D eigenvalue weighted by Gasteiger charge is -2.48. The lowest BCUT2D eigenvalue weighted by Crippen LogP contribution is -2.45. The van der Waals surface area contributed by atoms with Crippen LogP contribution in [-0.2, 0) is 5.41 Å². The van der Waals surface area contributed by atoms with Gasteiger partial charge in [0.2, 0.25) is 0 Å². The van der Waals surface area contributed by atoms with Gasteiger partial charge in [-0.05, 0) is 66.7 Å². The van der Waals surface area contributed by atoms with Crippen molar-refractivity contribution in [3.05, 3.63) is 113 Å². The molecule has 37 heavy (non-hydrogen) atoms. The van der Waals surface area contributed by atoms with E-state index in [0.29, 0.717) is 18.3 Å². The summed E-state index contributed by atoms with van der Waals surface area (Å²) in [7, 11) is 0. The molecule has 1 heterocycles. The fourth-order valence-electron chi connectivity index (χ4n) is 6.91. The molecule has 1 N–H and O–H groups in total. The lowest BCUT2D eigenvalue weighted by molar-refractivity contribution is 0.357. The highest BCUT2D eigenvalue weighted by Gasteiger charge is 2.48. The standard InChI is InChI=1S/C35H43NO/c1-24(37)21-32-25(2)29-19-13-14-20-31(29)36(32)33-30(26-15-9-7-10-16-26)22-28(34(3,4)5)23-35(33,6)27-17-11-8-12-18-27/h7-9,11-14,17-20,22,25-26,32,37H,1,10,15-16,21,23H2,2-6H3/t25?,26?,32?,35-/m1/s1. The van der Waals surface area contributed by atoms with Crippen LogP contribution in [0.15, 0.2) is 102 Å². The van der Waals surface area contributed by atoms with Gasteiger partial charge in [-0.3, -0.25) is 0 Å². The van der Waals surface area contributed by atoms with Gasteiger partial charge in [-0.2, -0.15) is 0 Å². The van der Waals surface area contributed by atoms with E-state index in [1.807, 2.05) is 0 Å². The van der Waals surface area contributed by atoms with Crippen LogP contribution in [0.25, 0.3) is 0 Å². The van der Waals surface area contributed by atoms with Gasteiger partial charge in [0, 0.05) is 35.2 Å². The van der Waals surface area contributed by atoms with Crippen LogP contribution in [0, 0.1) is 11.3 Å². The molecule has 0 fully saturated rings. The van der Waals surface area contributed by atoms with Crippen molar-refractivity contribution in [2.24, 2.45) is 11.3 Å². The van der Waals surface area contributed by atoms with Crippen LogP contribution in [0.5, 0.6) is 0 Å². The van der Waals surface area contributed by atoms with E-state index in [0.717, 1.165) is 19.3 Å². The van der Waals surface area contributed by atoms with Crippen LogP contribution < -0.4 is 4.90 Å². The van der Waals surface area contributed by atoms with Gasteiger partial charge in [0.1, 0.15) is 0 Å². The van der Waals surface area contributed by atoms with Crippen molar-refractivity contribution < 1.29 is 5.11 Å². The Morgan fingerprint density at radius 2 is 1.76 bits per heavy atom. The van der Waals surface area contributed by atoms with E-state index in [1.165, 1.54) is 40.1 Å². The van der Waals surface area contributed by atoms with E-state index >= 15 is 0 Å². The molecule has 0 bridgehead atoms. The van der Waals surface area contributed by atoms with Gasteiger partial charge in [0.15, 0.2) is 0 Å². The van der Waals surface area contributed by atoms with Crippen molar-refractivity contribution >= 4 is 5.69 Å². The number of nitrogens with zero attached hydrogens (tertiary/aromatic N) is 1. The van der Waals surface area contributed by atoms with Crippen LogP contribution in [0.2, 0.25) is 0 Å². The molecule has 2 nitrogen and oxygen atoms in total. The summed E-state index contributed by atoms with van der Waals surface area (Å²) in [6.07, 6.45) is 12.2. The fraction of sp³-hybridized carbons (Fsp3) is 0.429. The average Bonchev–Trinajstić information content (AvgIpc) is 3.14. The minimum atomic E-state index is -0.193. The van der Waals surface area contributed by atoms with Gasteiger partial charge in [0.25, 0.3) is 0 Å². The topological polar surface area (TPSA) is 23.5 Å². The molecule has 0 saturated heterocycles. The smallest absolute Gasteiger partial charge is 0.0872 e. The average molecular weight is 494 g/mol. The summed E-state index contributed by atoms with van der Waals surface area (Å²) in [5.41, 5.74) is 8.35. The van der Waals surface area contributed by atoms with E-state index in [2.05, 4.69) is 119 Å². The van der Waals surface area contributed by atoms with Gasteiger partial charge < -0.3 is 10.0 Å². The van der Waals surface area contributed by atoms with Crippen LogP contribution in [0.1, 0.15) is 83.8 Å². The summed E-state index contributed by atoms with van der Waals surface area (Å²) in [4.78, 5) is 2.62. The predicted molar refractivity (Wildman–Crippen MR) is 157 cm³/mol. The van der Waals surface area contributed by atoms with Gasteiger partial charge >= 0.3 is 0 Å². The molecule has 5 rings (SSSR count). The van der Waals surface area contributed by atoms with Gasteiger partial charge in [0.05, 0.1) is 5.76 Å². The first-order valence-corrected chi connectivity index (χ1v) is 14.0. The number of benzene rings is 2. The van der Waals surface area contributed by atoms with Crippen molar-refractivity contribution in [2.45, 2.75) is 84.1 Å². The van der Waals surface area contributed by atoms with Gasteiger partial charge in [-0.25, -0.2) is 0 Å². The fourth-order valence-corrected chi connectivity index (χ4v) is 6.91. The number of hydrogen-bond acceptors (Lipinski definition) is 2. The quantitative estimate of drug-likeness (QED) is 0.331. The Balaban J connectivity index is 1.84. The number of rotatable bonds is 5. The Kier molecular flexibility index (Phi) is 6.73. The van der Waals surface area contributed by atoms with Gasteiger partial charge in [-0.1, -0.05) is 107 Å². The summed E-state index contributed by atoms with van der Waals surface area (Å²) in [6.45, 7) is 15.8. The number of fused-ring (bicyclic) bond motifs is 1. The normalized spacial score (nSPS) is 27.8. The number of hydrogen-bond donors (Lipinski definition) is 1. The molecular weight excluding hydrogens is 450 g/mol. The Labute approximate surface area is 224 Å². The summed E-state index contributed by atoms with van der Waals surface area (Å²) in [6, 6.07) is 20.1. The van der Waals surface area contributed by atoms with Gasteiger partial charge in [-0.15, -0.1) is 0 Å². The number of para-hydroxylation sites is 1. The van der Waals surface area contributed by atoms with E-state index in [4.69, 9.17) is 0 Å². The second-order valence-electron chi connectivity index (χ2n) is 12.6. The summed E-state index contributed by atoms with van der Waals surface area (Å²) in [5.74, 6) is 1.05. The SMILES string of the molecule is C=C(O)CC1C(C)c2ccccc2N1C1=C(C2CC=CCC2)C=C(C(C)(C)C)C[C@]1(C)c1ccccc1. The second-order valence-corrected chi connectivity index (χ2v) is 12.6. The Morgan fingerprint density at radius 1 is 1.05 bits per heavy atom. The summed E-state index contributed by atoms with van der Waals surface area (Å²) >= 11 is 0. The zero-order valence-electron chi connectivity index (χ0n) is 23.3. The van der Waals surface area contributed by atoms with Crippen molar-refractivity contribution in [3.8, 4) is 0 Å². The molecule has 0 radical (unpaired) electrons. The molecule has 2 heteroatoms. The molecule has 4 atom stereocenters. The third-order valence-electron chi connectivity index (χ3n) is 9.03. The maximum absolute atomic E-state index is 10.5. The molecule has 0 saturated carbocycles. The predicted octanol–water partition coefficient (Wildman–Crippen LogP) is 9.38. The zero-order chi connectivity index (χ0) is 26.4.